The molecule has 0 radical (unpaired) electrons. The van der Waals surface area contributed by atoms with Crippen LogP contribution in [0.2, 0.25) is 0 Å². The predicted molar refractivity (Wildman–Crippen MR) is 122 cm³/mol. The molecule has 6 nitrogen and oxygen atoms in total. The zero-order valence-electron chi connectivity index (χ0n) is 18.7. The number of nitrogens with one attached hydrogen (secondary N) is 1. The predicted octanol–water partition coefficient (Wildman–Crippen LogP) is 4.45. The molecule has 0 saturated carbocycles. The van der Waals surface area contributed by atoms with E-state index in [1.54, 1.807) is 12.3 Å². The number of aromatic nitrogens is 3. The highest BCUT2D eigenvalue weighted by molar-refractivity contribution is 5.91. The van der Waals surface area contributed by atoms with Gasteiger partial charge >= 0.3 is 0 Å². The first-order chi connectivity index (χ1) is 14.0. The molecule has 2 aromatic heterocycles. The van der Waals surface area contributed by atoms with E-state index in [0.717, 1.165) is 35.1 Å². The molecule has 1 aromatic carbocycles. The second-order valence-electron chi connectivity index (χ2n) is 9.83. The summed E-state index contributed by atoms with van der Waals surface area (Å²) in [6.07, 6.45) is 3.86. The molecule has 0 amide bonds. The normalized spacial score (nSPS) is 18.5. The van der Waals surface area contributed by atoms with Crippen LogP contribution in [0.5, 0.6) is 5.75 Å². The number of fused-ring (bicyclic) bond motifs is 1. The van der Waals surface area contributed by atoms with Gasteiger partial charge in [-0.05, 0) is 83.2 Å². The first-order valence-electron chi connectivity index (χ1n) is 10.5. The molecule has 1 fully saturated rings. The van der Waals surface area contributed by atoms with Crippen molar-refractivity contribution >= 4 is 16.6 Å². The van der Waals surface area contributed by atoms with Crippen LogP contribution in [-0.2, 0) is 0 Å². The Morgan fingerprint density at radius 2 is 1.73 bits per heavy atom. The van der Waals surface area contributed by atoms with Crippen LogP contribution in [0.4, 0.5) is 5.82 Å². The third-order valence-electron chi connectivity index (χ3n) is 6.08. The molecule has 0 atom stereocenters. The molecule has 1 saturated heterocycles. The average Bonchev–Trinajstić information content (AvgIpc) is 2.65. The van der Waals surface area contributed by atoms with Crippen LogP contribution in [0.3, 0.4) is 0 Å². The van der Waals surface area contributed by atoms with Gasteiger partial charge in [-0.2, -0.15) is 0 Å². The molecule has 0 aliphatic carbocycles. The van der Waals surface area contributed by atoms with E-state index in [9.17, 15) is 5.11 Å². The van der Waals surface area contributed by atoms with Crippen molar-refractivity contribution in [3.63, 3.8) is 0 Å². The van der Waals surface area contributed by atoms with Gasteiger partial charge < -0.3 is 15.3 Å². The second-order valence-corrected chi connectivity index (χ2v) is 9.83. The summed E-state index contributed by atoms with van der Waals surface area (Å²) in [6.45, 7) is 11.0. The lowest BCUT2D eigenvalue weighted by Crippen LogP contribution is -2.62. The van der Waals surface area contributed by atoms with Crippen LogP contribution in [-0.4, -0.2) is 44.5 Å². The van der Waals surface area contributed by atoms with E-state index in [0.29, 0.717) is 17.3 Å². The first-order valence-corrected chi connectivity index (χ1v) is 10.5. The Morgan fingerprint density at radius 3 is 2.37 bits per heavy atom. The molecule has 0 unspecified atom stereocenters. The Bertz CT molecular complexity index is 1060. The summed E-state index contributed by atoms with van der Waals surface area (Å²) in [6, 6.07) is 9.96. The highest BCUT2D eigenvalue weighted by atomic mass is 16.3. The van der Waals surface area contributed by atoms with Gasteiger partial charge in [0.05, 0.1) is 5.69 Å². The highest BCUT2D eigenvalue weighted by Crippen LogP contribution is 2.35. The molecule has 1 aliphatic heterocycles. The van der Waals surface area contributed by atoms with E-state index in [-0.39, 0.29) is 16.8 Å². The van der Waals surface area contributed by atoms with Crippen LogP contribution >= 0.6 is 0 Å². The number of rotatable bonds is 3. The van der Waals surface area contributed by atoms with E-state index in [1.807, 2.05) is 31.2 Å². The van der Waals surface area contributed by atoms with Crippen molar-refractivity contribution < 1.29 is 5.11 Å². The van der Waals surface area contributed by atoms with E-state index in [4.69, 9.17) is 0 Å². The quantitative estimate of drug-likeness (QED) is 0.671. The van der Waals surface area contributed by atoms with Gasteiger partial charge in [0.2, 0.25) is 0 Å². The zero-order valence-corrected chi connectivity index (χ0v) is 18.7. The van der Waals surface area contributed by atoms with Crippen molar-refractivity contribution in [3.8, 4) is 17.0 Å². The minimum absolute atomic E-state index is 0.0674. The summed E-state index contributed by atoms with van der Waals surface area (Å²) in [7, 11) is 2.09. The van der Waals surface area contributed by atoms with Crippen LogP contribution in [0.25, 0.3) is 22.0 Å². The van der Waals surface area contributed by atoms with Gasteiger partial charge in [0.25, 0.3) is 0 Å². The topological polar surface area (TPSA) is 74.2 Å². The average molecular weight is 406 g/mol. The number of nitrogens with zero attached hydrogens (tertiary/aromatic N) is 4. The summed E-state index contributed by atoms with van der Waals surface area (Å²) in [5, 5.41) is 25.2. The molecule has 1 aliphatic rings. The number of pyridine rings is 1. The van der Waals surface area contributed by atoms with Gasteiger partial charge in [0.15, 0.2) is 5.82 Å². The molecular weight excluding hydrogens is 374 g/mol. The number of hydrogen-bond acceptors (Lipinski definition) is 6. The molecule has 0 spiro atoms. The monoisotopic (exact) mass is 405 g/mol. The Morgan fingerprint density at radius 1 is 1.03 bits per heavy atom. The summed E-state index contributed by atoms with van der Waals surface area (Å²) in [5.41, 5.74) is 2.37. The van der Waals surface area contributed by atoms with Gasteiger partial charge in [0.1, 0.15) is 5.75 Å². The Hall–Kier alpha value is -2.73. The van der Waals surface area contributed by atoms with E-state index in [2.05, 4.69) is 60.1 Å². The lowest BCUT2D eigenvalue weighted by Gasteiger charge is -2.49. The fourth-order valence-corrected chi connectivity index (χ4v) is 4.95. The van der Waals surface area contributed by atoms with Crippen LogP contribution in [0.15, 0.2) is 36.5 Å². The lowest BCUT2D eigenvalue weighted by molar-refractivity contribution is 0.160. The summed E-state index contributed by atoms with van der Waals surface area (Å²) in [4.78, 5) is 6.53. The number of phenolic OH excluding ortho intramolecular Hbond substituents is 1. The van der Waals surface area contributed by atoms with Gasteiger partial charge in [-0.3, -0.25) is 4.98 Å². The minimum atomic E-state index is 0.0674. The van der Waals surface area contributed by atoms with Crippen LogP contribution in [0.1, 0.15) is 46.2 Å². The number of anilines is 1. The summed E-state index contributed by atoms with van der Waals surface area (Å²) >= 11 is 0. The maximum absolute atomic E-state index is 10.6. The van der Waals surface area contributed by atoms with Gasteiger partial charge in [-0.15, -0.1) is 10.2 Å². The maximum atomic E-state index is 10.6. The van der Waals surface area contributed by atoms with Gasteiger partial charge in [-0.1, -0.05) is 0 Å². The van der Waals surface area contributed by atoms with Gasteiger partial charge in [-0.25, -0.2) is 0 Å². The number of hydrogen-bond donors (Lipinski definition) is 2. The standard InChI is InChI=1S/C24H31N5O/c1-15-18-12-21(30)19(11-16(18)9-10-25-15)20-7-8-22(27-26-20)29(6)17-13-23(2,3)28-24(4,5)14-17/h7-12,17,28,30H,13-14H2,1-6H3. The number of piperidine rings is 1. The third-order valence-corrected chi connectivity index (χ3v) is 6.08. The number of aryl methyl sites for hydroxylation is 1. The largest absolute Gasteiger partial charge is 0.507 e. The van der Waals surface area contributed by atoms with Gasteiger partial charge in [0, 0.05) is 47.0 Å². The van der Waals surface area contributed by atoms with Crippen LogP contribution < -0.4 is 10.2 Å². The minimum Gasteiger partial charge on any atom is -0.507 e. The Labute approximate surface area is 178 Å². The molecule has 30 heavy (non-hydrogen) atoms. The molecule has 0 bridgehead atoms. The third kappa shape index (κ3) is 3.97. The highest BCUT2D eigenvalue weighted by Gasteiger charge is 2.39. The first kappa shape index (κ1) is 20.5. The molecule has 3 heterocycles. The van der Waals surface area contributed by atoms with E-state index < -0.39 is 0 Å². The summed E-state index contributed by atoms with van der Waals surface area (Å²) in [5.74, 6) is 1.04. The Balaban J connectivity index is 1.62. The Kier molecular flexibility index (Phi) is 4.93. The number of phenols is 1. The van der Waals surface area contributed by atoms with Crippen molar-refractivity contribution in [2.45, 2.75) is 64.6 Å². The van der Waals surface area contributed by atoms with E-state index >= 15 is 0 Å². The molecule has 158 valence electrons. The molecule has 2 N–H and O–H groups in total. The van der Waals surface area contributed by atoms with Crippen molar-refractivity contribution in [2.24, 2.45) is 0 Å². The molecular formula is C24H31N5O. The zero-order chi connectivity index (χ0) is 21.7. The number of aromatic hydroxyl groups is 1. The van der Waals surface area contributed by atoms with Crippen molar-refractivity contribution in [1.82, 2.24) is 20.5 Å². The van der Waals surface area contributed by atoms with Crippen molar-refractivity contribution in [1.29, 1.82) is 0 Å². The molecule has 3 aromatic rings. The number of benzene rings is 1. The maximum Gasteiger partial charge on any atom is 0.151 e. The second kappa shape index (κ2) is 7.20. The lowest BCUT2D eigenvalue weighted by atomic mass is 9.79. The fourth-order valence-electron chi connectivity index (χ4n) is 4.95. The van der Waals surface area contributed by atoms with Crippen LogP contribution in [0, 0.1) is 6.92 Å². The van der Waals surface area contributed by atoms with Crippen molar-refractivity contribution in [2.75, 3.05) is 11.9 Å². The van der Waals surface area contributed by atoms with Crippen molar-refractivity contribution in [3.05, 3.63) is 42.2 Å². The smallest absolute Gasteiger partial charge is 0.151 e. The fraction of sp³-hybridized carbons (Fsp3) is 0.458. The molecule has 6 heteroatoms. The molecule has 4 rings (SSSR count). The SMILES string of the molecule is Cc1nccc2cc(-c3ccc(N(C)C4CC(C)(C)NC(C)(C)C4)nn3)c(O)cc12. The van der Waals surface area contributed by atoms with E-state index in [1.165, 1.54) is 0 Å². The summed E-state index contributed by atoms with van der Waals surface area (Å²) < 4.78 is 0.